The van der Waals surface area contributed by atoms with Crippen LogP contribution in [0.4, 0.5) is 0 Å². The molecule has 0 unspecified atom stereocenters. The van der Waals surface area contributed by atoms with Gasteiger partial charge in [0.1, 0.15) is 10.8 Å². The number of rotatable bonds is 4. The minimum absolute atomic E-state index is 0.140. The quantitative estimate of drug-likeness (QED) is 0.805. The third kappa shape index (κ3) is 3.76. The van der Waals surface area contributed by atoms with Gasteiger partial charge in [0.2, 0.25) is 0 Å². The first kappa shape index (κ1) is 13.5. The average Bonchev–Trinajstić information content (AvgIpc) is 2.45. The molecule has 0 fully saturated rings. The van der Waals surface area contributed by atoms with Gasteiger partial charge in [-0.2, -0.15) is 0 Å². The molecule has 0 N–H and O–H groups in total. The van der Waals surface area contributed by atoms with Crippen LogP contribution in [0.25, 0.3) is 0 Å². The number of hydrogen-bond donors (Lipinski definition) is 0. The van der Waals surface area contributed by atoms with E-state index in [-0.39, 0.29) is 5.91 Å². The lowest BCUT2D eigenvalue weighted by molar-refractivity contribution is 0.0790. The number of halogens is 1. The largest absolute Gasteiger partial charge is 0.340 e. The van der Waals surface area contributed by atoms with Crippen LogP contribution in [0.15, 0.2) is 42.6 Å². The Kier molecular flexibility index (Phi) is 4.47. The van der Waals surface area contributed by atoms with Crippen LogP contribution in [-0.4, -0.2) is 34.4 Å². The summed E-state index contributed by atoms with van der Waals surface area (Å²) in [5.41, 5.74) is 1.32. The molecular formula is C14H14ClN3O. The Labute approximate surface area is 117 Å². The Bertz CT molecular complexity index is 560. The highest BCUT2D eigenvalue weighted by Crippen LogP contribution is 2.07. The number of carbonyl (C=O) groups is 1. The van der Waals surface area contributed by atoms with Crippen molar-refractivity contribution in [2.24, 2.45) is 0 Å². The summed E-state index contributed by atoms with van der Waals surface area (Å²) in [5, 5.41) is 0.323. The molecule has 0 spiro atoms. The Balaban J connectivity index is 1.96. The minimum atomic E-state index is -0.140. The van der Waals surface area contributed by atoms with E-state index in [9.17, 15) is 4.79 Å². The standard InChI is InChI=1S/C14H14ClN3O/c1-18(10-8-11-5-2-3-9-16-11)14(19)12-6-4-7-13(15)17-12/h2-7,9H,8,10H2,1H3. The second-order valence-electron chi connectivity index (χ2n) is 4.14. The molecule has 0 aliphatic carbocycles. The molecule has 0 aliphatic heterocycles. The van der Waals surface area contributed by atoms with Crippen LogP contribution in [-0.2, 0) is 6.42 Å². The first-order chi connectivity index (χ1) is 9.16. The van der Waals surface area contributed by atoms with Crippen LogP contribution < -0.4 is 0 Å². The van der Waals surface area contributed by atoms with Crippen molar-refractivity contribution in [3.63, 3.8) is 0 Å². The fourth-order valence-electron chi connectivity index (χ4n) is 1.65. The van der Waals surface area contributed by atoms with E-state index in [0.717, 1.165) is 5.69 Å². The van der Waals surface area contributed by atoms with Crippen LogP contribution >= 0.6 is 11.6 Å². The van der Waals surface area contributed by atoms with E-state index in [1.807, 2.05) is 18.2 Å². The Hall–Kier alpha value is -1.94. The van der Waals surface area contributed by atoms with Crippen LogP contribution in [0.2, 0.25) is 5.15 Å². The third-order valence-corrected chi connectivity index (χ3v) is 2.92. The van der Waals surface area contributed by atoms with E-state index in [4.69, 9.17) is 11.6 Å². The summed E-state index contributed by atoms with van der Waals surface area (Å²) >= 11 is 5.77. The van der Waals surface area contributed by atoms with Gasteiger partial charge >= 0.3 is 0 Å². The predicted octanol–water partition coefficient (Wildman–Crippen LogP) is 2.44. The molecule has 2 aromatic heterocycles. The van der Waals surface area contributed by atoms with E-state index >= 15 is 0 Å². The van der Waals surface area contributed by atoms with Gasteiger partial charge in [-0.3, -0.25) is 9.78 Å². The summed E-state index contributed by atoms with van der Waals surface area (Å²) in [5.74, 6) is -0.140. The molecule has 2 heterocycles. The molecule has 2 rings (SSSR count). The summed E-state index contributed by atoms with van der Waals surface area (Å²) in [6, 6.07) is 10.8. The minimum Gasteiger partial charge on any atom is -0.340 e. The van der Waals surface area contributed by atoms with Gasteiger partial charge in [-0.1, -0.05) is 23.7 Å². The molecular weight excluding hydrogens is 262 g/mol. The third-order valence-electron chi connectivity index (χ3n) is 2.71. The maximum absolute atomic E-state index is 12.1. The first-order valence-electron chi connectivity index (χ1n) is 5.95. The highest BCUT2D eigenvalue weighted by Gasteiger charge is 2.13. The summed E-state index contributed by atoms with van der Waals surface area (Å²) in [6.07, 6.45) is 2.46. The van der Waals surface area contributed by atoms with Crippen LogP contribution in [0.1, 0.15) is 16.2 Å². The van der Waals surface area contributed by atoms with Gasteiger partial charge in [0.25, 0.3) is 5.91 Å². The molecule has 0 aromatic carbocycles. The lowest BCUT2D eigenvalue weighted by Crippen LogP contribution is -2.29. The summed E-state index contributed by atoms with van der Waals surface area (Å²) < 4.78 is 0. The van der Waals surface area contributed by atoms with Crippen molar-refractivity contribution in [1.29, 1.82) is 0 Å². The Morgan fingerprint density at radius 2 is 2.11 bits per heavy atom. The van der Waals surface area contributed by atoms with Crippen molar-refractivity contribution in [3.8, 4) is 0 Å². The maximum Gasteiger partial charge on any atom is 0.272 e. The molecule has 5 heteroatoms. The summed E-state index contributed by atoms with van der Waals surface area (Å²) in [4.78, 5) is 22.0. The zero-order valence-electron chi connectivity index (χ0n) is 10.6. The SMILES string of the molecule is CN(CCc1ccccn1)C(=O)c1cccc(Cl)n1. The van der Waals surface area contributed by atoms with Crippen molar-refractivity contribution < 1.29 is 4.79 Å². The summed E-state index contributed by atoms with van der Waals surface area (Å²) in [6.45, 7) is 0.587. The number of pyridine rings is 2. The molecule has 98 valence electrons. The molecule has 4 nitrogen and oxygen atoms in total. The topological polar surface area (TPSA) is 46.1 Å². The van der Waals surface area contributed by atoms with E-state index in [1.165, 1.54) is 0 Å². The number of likely N-dealkylation sites (N-methyl/N-ethyl adjacent to an activating group) is 1. The van der Waals surface area contributed by atoms with Gasteiger partial charge in [0, 0.05) is 31.9 Å². The zero-order chi connectivity index (χ0) is 13.7. The van der Waals surface area contributed by atoms with Gasteiger partial charge in [-0.05, 0) is 24.3 Å². The first-order valence-corrected chi connectivity index (χ1v) is 6.32. The van der Waals surface area contributed by atoms with Crippen LogP contribution in [0, 0.1) is 0 Å². The van der Waals surface area contributed by atoms with Crippen molar-refractivity contribution in [3.05, 3.63) is 59.1 Å². The molecule has 0 aliphatic rings. The van der Waals surface area contributed by atoms with Crippen molar-refractivity contribution in [2.75, 3.05) is 13.6 Å². The monoisotopic (exact) mass is 275 g/mol. The molecule has 0 saturated carbocycles. The van der Waals surface area contributed by atoms with Crippen LogP contribution in [0.3, 0.4) is 0 Å². The lowest BCUT2D eigenvalue weighted by Gasteiger charge is -2.16. The van der Waals surface area contributed by atoms with Gasteiger partial charge in [-0.15, -0.1) is 0 Å². The molecule has 1 amide bonds. The molecule has 0 bridgehead atoms. The molecule has 0 radical (unpaired) electrons. The predicted molar refractivity (Wildman–Crippen MR) is 74.1 cm³/mol. The second-order valence-corrected chi connectivity index (χ2v) is 4.53. The van der Waals surface area contributed by atoms with Crippen LogP contribution in [0.5, 0.6) is 0 Å². The number of nitrogens with zero attached hydrogens (tertiary/aromatic N) is 3. The number of carbonyl (C=O) groups excluding carboxylic acids is 1. The molecule has 0 saturated heterocycles. The van der Waals surface area contributed by atoms with Gasteiger partial charge < -0.3 is 4.90 Å². The molecule has 2 aromatic rings. The second kappa shape index (κ2) is 6.29. The van der Waals surface area contributed by atoms with Crippen molar-refractivity contribution >= 4 is 17.5 Å². The fraction of sp³-hybridized carbons (Fsp3) is 0.214. The maximum atomic E-state index is 12.1. The number of aromatic nitrogens is 2. The van der Waals surface area contributed by atoms with E-state index in [1.54, 1.807) is 36.3 Å². The highest BCUT2D eigenvalue weighted by molar-refractivity contribution is 6.29. The Morgan fingerprint density at radius 3 is 2.79 bits per heavy atom. The Morgan fingerprint density at radius 1 is 1.26 bits per heavy atom. The van der Waals surface area contributed by atoms with Crippen molar-refractivity contribution in [2.45, 2.75) is 6.42 Å². The van der Waals surface area contributed by atoms with Crippen molar-refractivity contribution in [1.82, 2.24) is 14.9 Å². The van der Waals surface area contributed by atoms with E-state index in [0.29, 0.717) is 23.8 Å². The summed E-state index contributed by atoms with van der Waals surface area (Å²) in [7, 11) is 1.74. The lowest BCUT2D eigenvalue weighted by atomic mass is 10.2. The number of hydrogen-bond acceptors (Lipinski definition) is 3. The van der Waals surface area contributed by atoms with Gasteiger partial charge in [0.05, 0.1) is 0 Å². The average molecular weight is 276 g/mol. The zero-order valence-corrected chi connectivity index (χ0v) is 11.3. The highest BCUT2D eigenvalue weighted by atomic mass is 35.5. The van der Waals surface area contributed by atoms with E-state index < -0.39 is 0 Å². The van der Waals surface area contributed by atoms with Gasteiger partial charge in [-0.25, -0.2) is 4.98 Å². The molecule has 0 atom stereocenters. The van der Waals surface area contributed by atoms with E-state index in [2.05, 4.69) is 9.97 Å². The number of amides is 1. The fourth-order valence-corrected chi connectivity index (χ4v) is 1.82. The van der Waals surface area contributed by atoms with Gasteiger partial charge in [0.15, 0.2) is 0 Å². The normalized spacial score (nSPS) is 10.2. The molecule has 19 heavy (non-hydrogen) atoms. The smallest absolute Gasteiger partial charge is 0.272 e.